The number of ketones is 2. The third kappa shape index (κ3) is 13.2. The number of nitrogens with one attached hydrogen (secondary N) is 2. The van der Waals surface area contributed by atoms with Crippen LogP contribution in [0.25, 0.3) is 0 Å². The zero-order chi connectivity index (χ0) is 38.0. The smallest absolute Gasteiger partial charge is 0.548 e. The van der Waals surface area contributed by atoms with Gasteiger partial charge in [0.1, 0.15) is 11.1 Å². The molecule has 2 aliphatic heterocycles. The third-order valence-electron chi connectivity index (χ3n) is 9.78. The van der Waals surface area contributed by atoms with Crippen LogP contribution in [0.4, 0.5) is 11.4 Å². The SMILES string of the molecule is CCCCCCCCCC(=O)C1=CN(c2ccccc2)NC1(C)C(=O)[O-].CCCCCCCCCC(=O)C1=CN(c2ccccc2)NC1(C)C(=O)[O-].[Ni+2]. The maximum absolute atomic E-state index is 12.7. The average Bonchev–Trinajstić information content (AvgIpc) is 3.71. The molecule has 2 aromatic rings. The van der Waals surface area contributed by atoms with Crippen LogP contribution in [-0.4, -0.2) is 34.6 Å². The first-order chi connectivity index (χ1) is 25.0. The maximum atomic E-state index is 12.7. The van der Waals surface area contributed by atoms with Crippen LogP contribution in [-0.2, 0) is 35.7 Å². The van der Waals surface area contributed by atoms with Crippen molar-refractivity contribution >= 4 is 34.9 Å². The summed E-state index contributed by atoms with van der Waals surface area (Å²) >= 11 is 0. The predicted molar refractivity (Wildman–Crippen MR) is 202 cm³/mol. The molecule has 2 unspecified atom stereocenters. The molecule has 11 heteroatoms. The van der Waals surface area contributed by atoms with Crippen molar-refractivity contribution in [2.24, 2.45) is 0 Å². The second kappa shape index (κ2) is 23.1. The molecule has 2 aliphatic rings. The first kappa shape index (κ1) is 45.4. The van der Waals surface area contributed by atoms with E-state index < -0.39 is 23.0 Å². The first-order valence-electron chi connectivity index (χ1n) is 19.2. The van der Waals surface area contributed by atoms with Gasteiger partial charge in [0.2, 0.25) is 0 Å². The summed E-state index contributed by atoms with van der Waals surface area (Å²) in [4.78, 5) is 48.7. The summed E-state index contributed by atoms with van der Waals surface area (Å²) in [5.41, 5.74) is 4.85. The quantitative estimate of drug-likeness (QED) is 0.105. The first-order valence-corrected chi connectivity index (χ1v) is 19.2. The van der Waals surface area contributed by atoms with Crippen LogP contribution < -0.4 is 31.1 Å². The van der Waals surface area contributed by atoms with Gasteiger partial charge in [-0.2, -0.15) is 0 Å². The number of carbonyl (C=O) groups is 4. The number of nitrogens with zero attached hydrogens (tertiary/aromatic N) is 2. The Hall–Kier alpha value is -3.79. The monoisotopic (exact) mass is 772 g/mol. The van der Waals surface area contributed by atoms with Gasteiger partial charge in [-0.05, 0) is 51.0 Å². The largest absolute Gasteiger partial charge is 2.00 e. The van der Waals surface area contributed by atoms with Gasteiger partial charge < -0.3 is 19.8 Å². The molecule has 4 rings (SSSR count). The molecule has 2 aromatic carbocycles. The number of anilines is 2. The Morgan fingerprint density at radius 3 is 1.13 bits per heavy atom. The van der Waals surface area contributed by atoms with Gasteiger partial charge in [-0.25, -0.2) is 10.9 Å². The number of hydrogen-bond donors (Lipinski definition) is 2. The van der Waals surface area contributed by atoms with E-state index in [9.17, 15) is 29.4 Å². The molecule has 0 saturated heterocycles. The normalized spacial score (nSPS) is 19.1. The van der Waals surface area contributed by atoms with E-state index in [1.165, 1.54) is 65.2 Å². The summed E-state index contributed by atoms with van der Waals surface area (Å²) in [6.45, 7) is 7.35. The molecule has 2 N–H and O–H groups in total. The molecule has 2 heterocycles. The minimum atomic E-state index is -1.51. The van der Waals surface area contributed by atoms with Gasteiger partial charge in [0, 0.05) is 36.4 Å². The van der Waals surface area contributed by atoms with Gasteiger partial charge in [-0.3, -0.25) is 19.6 Å². The fourth-order valence-corrected chi connectivity index (χ4v) is 6.41. The zero-order valence-corrected chi connectivity index (χ0v) is 32.9. The van der Waals surface area contributed by atoms with E-state index in [0.717, 1.165) is 49.9 Å². The van der Waals surface area contributed by atoms with Crippen molar-refractivity contribution in [1.82, 2.24) is 10.9 Å². The molecule has 0 amide bonds. The van der Waals surface area contributed by atoms with E-state index in [1.54, 1.807) is 22.4 Å². The number of hydrazine groups is 2. The van der Waals surface area contributed by atoms with Crippen LogP contribution in [0.2, 0.25) is 0 Å². The van der Waals surface area contributed by atoms with Crippen LogP contribution in [0, 0.1) is 0 Å². The Labute approximate surface area is 326 Å². The number of para-hydroxylation sites is 2. The summed E-state index contributed by atoms with van der Waals surface area (Å²) in [6, 6.07) is 18.6. The molecule has 2 atom stereocenters. The molecule has 10 nitrogen and oxygen atoms in total. The number of carboxylic acids is 2. The minimum Gasteiger partial charge on any atom is -0.548 e. The van der Waals surface area contributed by atoms with Crippen molar-refractivity contribution in [2.45, 2.75) is 142 Å². The Morgan fingerprint density at radius 2 is 0.830 bits per heavy atom. The molecule has 53 heavy (non-hydrogen) atoms. The second-order valence-electron chi connectivity index (χ2n) is 14.1. The van der Waals surface area contributed by atoms with Gasteiger partial charge >= 0.3 is 16.5 Å². The number of benzene rings is 2. The third-order valence-corrected chi connectivity index (χ3v) is 9.78. The number of rotatable bonds is 22. The van der Waals surface area contributed by atoms with E-state index in [0.29, 0.717) is 12.8 Å². The predicted octanol–water partition coefficient (Wildman–Crippen LogP) is 6.22. The van der Waals surface area contributed by atoms with Gasteiger partial charge in [0.25, 0.3) is 0 Å². The second-order valence-corrected chi connectivity index (χ2v) is 14.1. The Kier molecular flexibility index (Phi) is 19.8. The van der Waals surface area contributed by atoms with Crippen molar-refractivity contribution in [3.63, 3.8) is 0 Å². The summed E-state index contributed by atoms with van der Waals surface area (Å²) in [5, 5.41) is 26.6. The van der Waals surface area contributed by atoms with Crippen molar-refractivity contribution in [1.29, 1.82) is 0 Å². The number of aliphatic carboxylic acids is 2. The number of carboxylic acid groups (broad SMARTS) is 2. The van der Waals surface area contributed by atoms with Crippen molar-refractivity contribution < 1.29 is 45.9 Å². The van der Waals surface area contributed by atoms with Crippen LogP contribution >= 0.6 is 0 Å². The van der Waals surface area contributed by atoms with Crippen molar-refractivity contribution in [3.8, 4) is 0 Å². The van der Waals surface area contributed by atoms with Gasteiger partial charge in [-0.1, -0.05) is 127 Å². The number of hydrogen-bond acceptors (Lipinski definition) is 10. The summed E-state index contributed by atoms with van der Waals surface area (Å²) in [7, 11) is 0. The Morgan fingerprint density at radius 1 is 0.528 bits per heavy atom. The summed E-state index contributed by atoms with van der Waals surface area (Å²) in [5.74, 6) is -2.85. The molecular formula is C42H58N4NiO6. The standard InChI is InChI=1S/2C21H30N2O3.Ni/c2*1-3-4-5-6-7-8-12-15-19(24)18-16-23(17-13-10-9-11-14-17)22-21(18,2)20(25)26;/h2*9-11,13-14,16,22H,3-8,12,15H2,1-2H3,(H,25,26);/q;;+2/p-2. The molecule has 0 radical (unpaired) electrons. The van der Waals surface area contributed by atoms with Crippen LogP contribution in [0.1, 0.15) is 130 Å². The molecule has 0 fully saturated rings. The van der Waals surface area contributed by atoms with Crippen LogP contribution in [0.3, 0.4) is 0 Å². The van der Waals surface area contributed by atoms with E-state index in [4.69, 9.17) is 0 Å². The number of Topliss-reactive ketones (excluding diaryl/α,β-unsaturated/α-hetero) is 2. The van der Waals surface area contributed by atoms with Gasteiger partial charge in [0.05, 0.1) is 23.3 Å². The number of unbranched alkanes of at least 4 members (excludes halogenated alkanes) is 12. The van der Waals surface area contributed by atoms with E-state index in [-0.39, 0.29) is 39.2 Å². The molecule has 0 saturated carbocycles. The fraction of sp³-hybridized carbons (Fsp3) is 0.524. The summed E-state index contributed by atoms with van der Waals surface area (Å²) < 4.78 is 0. The Balaban J connectivity index is 0.000000360. The van der Waals surface area contributed by atoms with E-state index in [2.05, 4.69) is 24.7 Å². The molecule has 0 aromatic heterocycles. The zero-order valence-electron chi connectivity index (χ0n) is 31.9. The van der Waals surface area contributed by atoms with Crippen molar-refractivity contribution in [2.75, 3.05) is 10.0 Å². The molecule has 0 spiro atoms. The Bertz CT molecular complexity index is 1400. The van der Waals surface area contributed by atoms with E-state index in [1.807, 2.05) is 60.7 Å². The fourth-order valence-electron chi connectivity index (χ4n) is 6.41. The van der Waals surface area contributed by atoms with Gasteiger partial charge in [0.15, 0.2) is 11.6 Å². The number of carbonyl (C=O) groups excluding carboxylic acids is 4. The van der Waals surface area contributed by atoms with Crippen LogP contribution in [0.15, 0.2) is 84.2 Å². The maximum Gasteiger partial charge on any atom is 2.00 e. The molecule has 0 aliphatic carbocycles. The van der Waals surface area contributed by atoms with Crippen molar-refractivity contribution in [3.05, 3.63) is 84.2 Å². The minimum absolute atomic E-state index is 0. The summed E-state index contributed by atoms with van der Waals surface area (Å²) in [6.07, 6.45) is 19.6. The van der Waals surface area contributed by atoms with Crippen LogP contribution in [0.5, 0.6) is 0 Å². The van der Waals surface area contributed by atoms with E-state index >= 15 is 0 Å². The molecule has 292 valence electrons. The topological polar surface area (TPSA) is 145 Å². The molecule has 0 bridgehead atoms. The van der Waals surface area contributed by atoms with Gasteiger partial charge in [-0.15, -0.1) is 0 Å². The average molecular weight is 774 g/mol. The molecular weight excluding hydrogens is 715 g/mol.